The van der Waals surface area contributed by atoms with Crippen molar-refractivity contribution in [1.82, 2.24) is 0 Å². The zero-order valence-electron chi connectivity index (χ0n) is 11.1. The first kappa shape index (κ1) is 14.8. The lowest BCUT2D eigenvalue weighted by molar-refractivity contribution is -0.110. The van der Waals surface area contributed by atoms with E-state index in [4.69, 9.17) is 0 Å². The number of aldehydes is 1. The largest absolute Gasteiger partial charge is 0.302 e. The lowest BCUT2D eigenvalue weighted by atomic mass is 9.90. The highest BCUT2D eigenvalue weighted by Gasteiger charge is 2.38. The van der Waals surface area contributed by atoms with Crippen molar-refractivity contribution in [2.75, 3.05) is 5.75 Å². The van der Waals surface area contributed by atoms with Gasteiger partial charge in [0.1, 0.15) is 6.29 Å². The summed E-state index contributed by atoms with van der Waals surface area (Å²) in [6, 6.07) is 0. The van der Waals surface area contributed by atoms with Gasteiger partial charge in [0.25, 0.3) is 0 Å². The van der Waals surface area contributed by atoms with Crippen molar-refractivity contribution in [3.05, 3.63) is 12.7 Å². The Morgan fingerprint density at radius 2 is 2.12 bits per heavy atom. The molecule has 1 unspecified atom stereocenters. The Kier molecular flexibility index (Phi) is 6.94. The minimum absolute atomic E-state index is 0.129. The third-order valence-electron chi connectivity index (χ3n) is 3.66. The van der Waals surface area contributed by atoms with Gasteiger partial charge >= 0.3 is 0 Å². The molecule has 0 aromatic heterocycles. The van der Waals surface area contributed by atoms with Gasteiger partial charge in [0.2, 0.25) is 0 Å². The normalized spacial score (nSPS) is 28.2. The summed E-state index contributed by atoms with van der Waals surface area (Å²) in [5.41, 5.74) is 0. The third kappa shape index (κ3) is 4.87. The van der Waals surface area contributed by atoms with E-state index in [0.717, 1.165) is 25.0 Å². The number of rotatable bonds is 9. The molecule has 17 heavy (non-hydrogen) atoms. The summed E-state index contributed by atoms with van der Waals surface area (Å²) < 4.78 is -0.129. The Bertz CT molecular complexity index is 239. The molecule has 2 heteroatoms. The van der Waals surface area contributed by atoms with E-state index < -0.39 is 0 Å². The Labute approximate surface area is 110 Å². The van der Waals surface area contributed by atoms with Gasteiger partial charge in [-0.1, -0.05) is 45.1 Å². The minimum atomic E-state index is -0.129. The molecule has 0 N–H and O–H groups in total. The van der Waals surface area contributed by atoms with Gasteiger partial charge in [0.05, 0.1) is 4.75 Å². The molecule has 0 amide bonds. The van der Waals surface area contributed by atoms with Crippen LogP contribution in [0, 0.1) is 5.92 Å². The van der Waals surface area contributed by atoms with Gasteiger partial charge in [-0.05, 0) is 30.9 Å². The highest BCUT2D eigenvalue weighted by Crippen LogP contribution is 2.44. The first-order chi connectivity index (χ1) is 8.26. The maximum absolute atomic E-state index is 11.2. The standard InChI is InChI=1S/C15H26OS/c1-3-5-6-7-8-9-14-11-15(13-16,10-4-2)17-12-14/h4,13-14H,2-3,5-12H2,1H3/t14?,15-/m0/s1. The Balaban J connectivity index is 2.20. The molecule has 0 spiro atoms. The molecule has 1 rings (SSSR count). The second-order valence-electron chi connectivity index (χ2n) is 5.26. The second kappa shape index (κ2) is 7.97. The number of unbranched alkanes of at least 4 members (excludes halogenated alkanes) is 4. The molecule has 1 aliphatic heterocycles. The number of allylic oxidation sites excluding steroid dienone is 1. The first-order valence-electron chi connectivity index (χ1n) is 6.97. The SMILES string of the molecule is C=CC[C@@]1(C=O)CC(CCCCCCC)CS1. The van der Waals surface area contributed by atoms with Crippen molar-refractivity contribution in [3.8, 4) is 0 Å². The van der Waals surface area contributed by atoms with Crippen LogP contribution < -0.4 is 0 Å². The van der Waals surface area contributed by atoms with Gasteiger partial charge in [-0.25, -0.2) is 0 Å². The van der Waals surface area contributed by atoms with E-state index in [2.05, 4.69) is 13.5 Å². The van der Waals surface area contributed by atoms with Crippen molar-refractivity contribution >= 4 is 18.0 Å². The fourth-order valence-corrected chi connectivity index (χ4v) is 4.14. The Morgan fingerprint density at radius 3 is 2.76 bits per heavy atom. The summed E-state index contributed by atoms with van der Waals surface area (Å²) >= 11 is 1.85. The quantitative estimate of drug-likeness (QED) is 0.339. The van der Waals surface area contributed by atoms with Crippen LogP contribution in [0.25, 0.3) is 0 Å². The van der Waals surface area contributed by atoms with Crippen molar-refractivity contribution < 1.29 is 4.79 Å². The summed E-state index contributed by atoms with van der Waals surface area (Å²) in [6.07, 6.45) is 13.0. The molecule has 0 aromatic carbocycles. The van der Waals surface area contributed by atoms with E-state index in [1.54, 1.807) is 0 Å². The van der Waals surface area contributed by atoms with Crippen LogP contribution >= 0.6 is 11.8 Å². The zero-order chi connectivity index (χ0) is 12.6. The van der Waals surface area contributed by atoms with E-state index in [1.807, 2.05) is 17.8 Å². The van der Waals surface area contributed by atoms with Crippen LogP contribution in [0.2, 0.25) is 0 Å². The van der Waals surface area contributed by atoms with Crippen LogP contribution in [-0.2, 0) is 4.79 Å². The molecular formula is C15H26OS. The van der Waals surface area contributed by atoms with Crippen molar-refractivity contribution in [3.63, 3.8) is 0 Å². The fraction of sp³-hybridized carbons (Fsp3) is 0.800. The van der Waals surface area contributed by atoms with Crippen LogP contribution in [0.4, 0.5) is 0 Å². The highest BCUT2D eigenvalue weighted by atomic mass is 32.2. The second-order valence-corrected chi connectivity index (χ2v) is 6.69. The molecule has 2 atom stereocenters. The summed E-state index contributed by atoms with van der Waals surface area (Å²) in [5, 5.41) is 0. The Hall–Kier alpha value is -0.240. The molecule has 98 valence electrons. The van der Waals surface area contributed by atoms with Gasteiger partial charge < -0.3 is 4.79 Å². The average Bonchev–Trinajstić information content (AvgIpc) is 2.74. The summed E-state index contributed by atoms with van der Waals surface area (Å²) in [4.78, 5) is 11.2. The molecule has 1 saturated heterocycles. The molecule has 0 bridgehead atoms. The number of hydrogen-bond acceptors (Lipinski definition) is 2. The van der Waals surface area contributed by atoms with Crippen LogP contribution in [0.1, 0.15) is 58.3 Å². The van der Waals surface area contributed by atoms with Gasteiger partial charge in [0, 0.05) is 0 Å². The first-order valence-corrected chi connectivity index (χ1v) is 7.96. The number of carbonyl (C=O) groups excluding carboxylic acids is 1. The van der Waals surface area contributed by atoms with Crippen molar-refractivity contribution in [2.45, 2.75) is 63.0 Å². The van der Waals surface area contributed by atoms with Gasteiger partial charge in [-0.3, -0.25) is 0 Å². The molecule has 1 aliphatic rings. The van der Waals surface area contributed by atoms with E-state index in [9.17, 15) is 4.79 Å². The third-order valence-corrected chi connectivity index (χ3v) is 5.30. The lowest BCUT2D eigenvalue weighted by Gasteiger charge is -2.19. The van der Waals surface area contributed by atoms with E-state index in [0.29, 0.717) is 0 Å². The van der Waals surface area contributed by atoms with E-state index in [-0.39, 0.29) is 4.75 Å². The minimum Gasteiger partial charge on any atom is -0.302 e. The molecule has 0 aromatic rings. The van der Waals surface area contributed by atoms with E-state index in [1.165, 1.54) is 44.3 Å². The molecule has 0 aliphatic carbocycles. The number of thioether (sulfide) groups is 1. The predicted molar refractivity (Wildman–Crippen MR) is 77.6 cm³/mol. The molecular weight excluding hydrogens is 228 g/mol. The highest BCUT2D eigenvalue weighted by molar-refractivity contribution is 8.01. The molecule has 0 saturated carbocycles. The summed E-state index contributed by atoms with van der Waals surface area (Å²) in [5.74, 6) is 1.92. The summed E-state index contributed by atoms with van der Waals surface area (Å²) in [7, 11) is 0. The van der Waals surface area contributed by atoms with Crippen LogP contribution in [0.3, 0.4) is 0 Å². The predicted octanol–water partition coefficient (Wildman–Crippen LogP) is 4.61. The molecule has 1 fully saturated rings. The van der Waals surface area contributed by atoms with E-state index >= 15 is 0 Å². The average molecular weight is 254 g/mol. The lowest BCUT2D eigenvalue weighted by Crippen LogP contribution is -2.22. The molecule has 0 radical (unpaired) electrons. The fourth-order valence-electron chi connectivity index (χ4n) is 2.63. The van der Waals surface area contributed by atoms with Gasteiger partial charge in [-0.2, -0.15) is 0 Å². The topological polar surface area (TPSA) is 17.1 Å². The maximum Gasteiger partial charge on any atom is 0.136 e. The zero-order valence-corrected chi connectivity index (χ0v) is 11.9. The van der Waals surface area contributed by atoms with Crippen molar-refractivity contribution in [1.29, 1.82) is 0 Å². The Morgan fingerprint density at radius 1 is 1.35 bits per heavy atom. The van der Waals surface area contributed by atoms with Crippen LogP contribution in [-0.4, -0.2) is 16.8 Å². The number of hydrogen-bond donors (Lipinski definition) is 0. The smallest absolute Gasteiger partial charge is 0.136 e. The number of carbonyl (C=O) groups is 1. The van der Waals surface area contributed by atoms with Crippen LogP contribution in [0.15, 0.2) is 12.7 Å². The molecule has 1 nitrogen and oxygen atoms in total. The van der Waals surface area contributed by atoms with Crippen LogP contribution in [0.5, 0.6) is 0 Å². The van der Waals surface area contributed by atoms with Crippen molar-refractivity contribution in [2.24, 2.45) is 5.92 Å². The summed E-state index contributed by atoms with van der Waals surface area (Å²) in [6.45, 7) is 6.02. The van der Waals surface area contributed by atoms with Gasteiger partial charge in [0.15, 0.2) is 0 Å². The maximum atomic E-state index is 11.2. The molecule has 1 heterocycles. The monoisotopic (exact) mass is 254 g/mol. The van der Waals surface area contributed by atoms with Gasteiger partial charge in [-0.15, -0.1) is 18.3 Å².